The summed E-state index contributed by atoms with van der Waals surface area (Å²) >= 11 is 0. The van der Waals surface area contributed by atoms with Crippen molar-refractivity contribution in [3.8, 4) is 0 Å². The van der Waals surface area contributed by atoms with Gasteiger partial charge >= 0.3 is 0 Å². The molecule has 1 saturated heterocycles. The molecule has 0 spiro atoms. The highest BCUT2D eigenvalue weighted by Gasteiger charge is 2.38. The zero-order valence-corrected chi connectivity index (χ0v) is 9.24. The lowest BCUT2D eigenvalue weighted by Crippen LogP contribution is -2.25. The molecule has 0 amide bonds. The maximum Gasteiger partial charge on any atom is 0.266 e. The van der Waals surface area contributed by atoms with Crippen LogP contribution in [0.3, 0.4) is 0 Å². The van der Waals surface area contributed by atoms with Gasteiger partial charge in [0.25, 0.3) is 5.92 Å². The van der Waals surface area contributed by atoms with E-state index in [1.165, 1.54) is 0 Å². The van der Waals surface area contributed by atoms with Crippen LogP contribution in [0.25, 0.3) is 10.9 Å². The van der Waals surface area contributed by atoms with E-state index in [-0.39, 0.29) is 13.0 Å². The molecule has 0 N–H and O–H groups in total. The number of rotatable bonds is 1. The topological polar surface area (TPSA) is 16.1 Å². The number of benzene rings is 1. The zero-order valence-electron chi connectivity index (χ0n) is 9.24. The molecule has 17 heavy (non-hydrogen) atoms. The van der Waals surface area contributed by atoms with Gasteiger partial charge in [-0.2, -0.15) is 0 Å². The minimum Gasteiger partial charge on any atom is -0.350 e. The Hall–Kier alpha value is -1.71. The molecular weight excluding hydrogens is 222 g/mol. The van der Waals surface area contributed by atoms with Crippen LogP contribution < -0.4 is 4.90 Å². The quantitative estimate of drug-likeness (QED) is 0.753. The van der Waals surface area contributed by atoms with Crippen molar-refractivity contribution >= 4 is 16.7 Å². The number of para-hydroxylation sites is 1. The Labute approximate surface area is 97.9 Å². The monoisotopic (exact) mass is 234 g/mol. The second kappa shape index (κ2) is 3.65. The van der Waals surface area contributed by atoms with Gasteiger partial charge in [-0.05, 0) is 18.2 Å². The molecule has 2 heterocycles. The predicted octanol–water partition coefficient (Wildman–Crippen LogP) is 3.08. The molecule has 1 aromatic carbocycles. The van der Waals surface area contributed by atoms with Gasteiger partial charge in [0.2, 0.25) is 0 Å². The van der Waals surface area contributed by atoms with Gasteiger partial charge in [-0.15, -0.1) is 0 Å². The van der Waals surface area contributed by atoms with Gasteiger partial charge in [-0.1, -0.05) is 18.2 Å². The highest BCUT2D eigenvalue weighted by molar-refractivity contribution is 5.80. The molecule has 88 valence electrons. The predicted molar refractivity (Wildman–Crippen MR) is 63.5 cm³/mol. The lowest BCUT2D eigenvalue weighted by atomic mass is 10.2. The fourth-order valence-corrected chi connectivity index (χ4v) is 2.16. The second-order valence-corrected chi connectivity index (χ2v) is 4.39. The van der Waals surface area contributed by atoms with Crippen molar-refractivity contribution < 1.29 is 8.78 Å². The summed E-state index contributed by atoms with van der Waals surface area (Å²) in [5.41, 5.74) is 0.847. The van der Waals surface area contributed by atoms with Crippen molar-refractivity contribution in [1.82, 2.24) is 4.98 Å². The van der Waals surface area contributed by atoms with Crippen LogP contribution in [0.1, 0.15) is 6.42 Å². The summed E-state index contributed by atoms with van der Waals surface area (Å²) in [7, 11) is 0. The van der Waals surface area contributed by atoms with Gasteiger partial charge in [-0.25, -0.2) is 13.8 Å². The van der Waals surface area contributed by atoms with Crippen LogP contribution in [0, 0.1) is 0 Å². The van der Waals surface area contributed by atoms with Crippen molar-refractivity contribution in [2.75, 3.05) is 18.0 Å². The molecule has 0 atom stereocenters. The van der Waals surface area contributed by atoms with Gasteiger partial charge in [0, 0.05) is 18.4 Å². The third-order valence-electron chi connectivity index (χ3n) is 3.08. The van der Waals surface area contributed by atoms with Crippen LogP contribution in [-0.2, 0) is 0 Å². The Kier molecular flexibility index (Phi) is 2.24. The maximum atomic E-state index is 13.1. The number of pyridine rings is 1. The first-order valence-corrected chi connectivity index (χ1v) is 5.63. The van der Waals surface area contributed by atoms with E-state index in [4.69, 9.17) is 0 Å². The highest BCUT2D eigenvalue weighted by atomic mass is 19.3. The molecule has 1 aliphatic heterocycles. The van der Waals surface area contributed by atoms with Gasteiger partial charge in [0.05, 0.1) is 12.1 Å². The summed E-state index contributed by atoms with van der Waals surface area (Å²) in [6, 6.07) is 11.4. The lowest BCUT2D eigenvalue weighted by Gasteiger charge is -2.17. The third-order valence-corrected chi connectivity index (χ3v) is 3.08. The fraction of sp³-hybridized carbons (Fsp3) is 0.308. The van der Waals surface area contributed by atoms with Crippen molar-refractivity contribution in [2.24, 2.45) is 0 Å². The number of hydrogen-bond donors (Lipinski definition) is 0. The number of halogens is 2. The first-order chi connectivity index (χ1) is 8.14. The van der Waals surface area contributed by atoms with Crippen molar-refractivity contribution in [2.45, 2.75) is 12.3 Å². The fourth-order valence-electron chi connectivity index (χ4n) is 2.16. The molecule has 0 radical (unpaired) electrons. The zero-order chi connectivity index (χ0) is 11.9. The number of aromatic nitrogens is 1. The molecular formula is C13H12F2N2. The molecule has 0 bridgehead atoms. The SMILES string of the molecule is FC1(F)CCN(c2ccc3ccccc3n2)C1. The summed E-state index contributed by atoms with van der Waals surface area (Å²) in [5, 5.41) is 1.03. The normalized spacial score (nSPS) is 18.8. The minimum absolute atomic E-state index is 0.0818. The summed E-state index contributed by atoms with van der Waals surface area (Å²) in [5.74, 6) is -1.94. The third kappa shape index (κ3) is 1.95. The number of fused-ring (bicyclic) bond motifs is 1. The average Bonchev–Trinajstić information content (AvgIpc) is 2.69. The van der Waals surface area contributed by atoms with Gasteiger partial charge in [-0.3, -0.25) is 0 Å². The van der Waals surface area contributed by atoms with Crippen LogP contribution >= 0.6 is 0 Å². The van der Waals surface area contributed by atoms with Crippen LogP contribution in [0.15, 0.2) is 36.4 Å². The minimum atomic E-state index is -2.58. The summed E-state index contributed by atoms with van der Waals surface area (Å²) in [6.07, 6.45) is -0.0818. The van der Waals surface area contributed by atoms with E-state index in [2.05, 4.69) is 4.98 Å². The maximum absolute atomic E-state index is 13.1. The summed E-state index contributed by atoms with van der Waals surface area (Å²) in [6.45, 7) is 0.149. The largest absolute Gasteiger partial charge is 0.350 e. The highest BCUT2D eigenvalue weighted by Crippen LogP contribution is 2.30. The number of hydrogen-bond acceptors (Lipinski definition) is 2. The molecule has 4 heteroatoms. The Balaban J connectivity index is 1.96. The van der Waals surface area contributed by atoms with Gasteiger partial charge in [0.15, 0.2) is 0 Å². The van der Waals surface area contributed by atoms with Crippen LogP contribution in [0.2, 0.25) is 0 Å². The number of anilines is 1. The van der Waals surface area contributed by atoms with E-state index in [9.17, 15) is 8.78 Å². The van der Waals surface area contributed by atoms with Crippen molar-refractivity contribution in [1.29, 1.82) is 0 Å². The summed E-state index contributed by atoms with van der Waals surface area (Å²) in [4.78, 5) is 6.06. The molecule has 2 nitrogen and oxygen atoms in total. The van der Waals surface area contributed by atoms with E-state index in [0.29, 0.717) is 12.4 Å². The number of alkyl halides is 2. The smallest absolute Gasteiger partial charge is 0.266 e. The Bertz CT molecular complexity index is 554. The Morgan fingerprint density at radius 3 is 2.71 bits per heavy atom. The Morgan fingerprint density at radius 2 is 1.94 bits per heavy atom. The first-order valence-electron chi connectivity index (χ1n) is 5.63. The van der Waals surface area contributed by atoms with Gasteiger partial charge < -0.3 is 4.90 Å². The molecule has 0 unspecified atom stereocenters. The van der Waals surface area contributed by atoms with Crippen LogP contribution in [0.5, 0.6) is 0 Å². The molecule has 1 aromatic heterocycles. The van der Waals surface area contributed by atoms with E-state index in [1.54, 1.807) is 4.90 Å². The molecule has 1 fully saturated rings. The first kappa shape index (κ1) is 10.4. The van der Waals surface area contributed by atoms with E-state index in [1.807, 2.05) is 36.4 Å². The van der Waals surface area contributed by atoms with E-state index >= 15 is 0 Å². The summed E-state index contributed by atoms with van der Waals surface area (Å²) < 4.78 is 26.2. The average molecular weight is 234 g/mol. The lowest BCUT2D eigenvalue weighted by molar-refractivity contribution is 0.0257. The molecule has 1 aliphatic rings. The molecule has 3 rings (SSSR count). The van der Waals surface area contributed by atoms with Crippen molar-refractivity contribution in [3.05, 3.63) is 36.4 Å². The molecule has 2 aromatic rings. The van der Waals surface area contributed by atoms with Crippen LogP contribution in [0.4, 0.5) is 14.6 Å². The van der Waals surface area contributed by atoms with E-state index in [0.717, 1.165) is 10.9 Å². The number of nitrogens with zero attached hydrogens (tertiary/aromatic N) is 2. The van der Waals surface area contributed by atoms with Crippen LogP contribution in [-0.4, -0.2) is 24.0 Å². The Morgan fingerprint density at radius 1 is 1.12 bits per heavy atom. The second-order valence-electron chi connectivity index (χ2n) is 4.39. The molecule has 0 aliphatic carbocycles. The van der Waals surface area contributed by atoms with Crippen molar-refractivity contribution in [3.63, 3.8) is 0 Å². The molecule has 0 saturated carbocycles. The standard InChI is InChI=1S/C13H12F2N2/c14-13(15)7-8-17(9-13)12-6-5-10-3-1-2-4-11(10)16-12/h1-6H,7-9H2. The van der Waals surface area contributed by atoms with Gasteiger partial charge in [0.1, 0.15) is 5.82 Å². The van der Waals surface area contributed by atoms with E-state index < -0.39 is 5.92 Å².